The molecule has 0 spiro atoms. The van der Waals surface area contributed by atoms with E-state index in [1.54, 1.807) is 14.2 Å². The molecule has 0 amide bonds. The van der Waals surface area contributed by atoms with Crippen molar-refractivity contribution in [3.05, 3.63) is 70.5 Å². The number of fused-ring (bicyclic) bond motifs is 1. The van der Waals surface area contributed by atoms with Crippen LogP contribution in [-0.2, 0) is 19.4 Å². The number of nitrogens with zero attached hydrogens (tertiary/aromatic N) is 7. The van der Waals surface area contributed by atoms with Crippen molar-refractivity contribution in [2.45, 2.75) is 57.9 Å². The predicted octanol–water partition coefficient (Wildman–Crippen LogP) is 3.70. The van der Waals surface area contributed by atoms with Gasteiger partial charge in [0.2, 0.25) is 0 Å². The van der Waals surface area contributed by atoms with E-state index < -0.39 is 0 Å². The maximum absolute atomic E-state index is 5.47. The van der Waals surface area contributed by atoms with E-state index in [-0.39, 0.29) is 0 Å². The van der Waals surface area contributed by atoms with Crippen LogP contribution >= 0.6 is 0 Å². The van der Waals surface area contributed by atoms with Gasteiger partial charge in [-0.05, 0) is 56.9 Å². The van der Waals surface area contributed by atoms with Gasteiger partial charge >= 0.3 is 0 Å². The number of hydrogen-bond acceptors (Lipinski definition) is 7. The maximum atomic E-state index is 5.47. The van der Waals surface area contributed by atoms with Crippen LogP contribution in [0.15, 0.2) is 30.3 Å². The van der Waals surface area contributed by atoms with Crippen molar-refractivity contribution in [2.24, 2.45) is 0 Å². The summed E-state index contributed by atoms with van der Waals surface area (Å²) in [6.07, 6.45) is 4.00. The number of methoxy groups -OCH3 is 2. The maximum Gasteiger partial charge on any atom is 0.161 e. The monoisotopic (exact) mass is 471 g/mol. The van der Waals surface area contributed by atoms with Crippen LogP contribution < -0.4 is 9.47 Å². The number of aryl methyl sites for hydroxylation is 4. The molecule has 0 radical (unpaired) electrons. The Hall–Kier alpha value is -3.75. The summed E-state index contributed by atoms with van der Waals surface area (Å²) in [5.41, 5.74) is 4.67. The third kappa shape index (κ3) is 4.05. The molecule has 2 atom stereocenters. The topological polar surface area (TPSA) is 92.8 Å². The first kappa shape index (κ1) is 21.8. The van der Waals surface area contributed by atoms with E-state index in [1.165, 1.54) is 17.8 Å². The third-order valence-corrected chi connectivity index (χ3v) is 6.89. The molecule has 9 nitrogen and oxygen atoms in total. The molecular formula is C26H29N7O2. The minimum Gasteiger partial charge on any atom is -0.493 e. The summed E-state index contributed by atoms with van der Waals surface area (Å²) >= 11 is 0. The summed E-state index contributed by atoms with van der Waals surface area (Å²) in [5.74, 6) is 5.20. The molecule has 4 aromatic rings. The minimum absolute atomic E-state index is 0.366. The van der Waals surface area contributed by atoms with Crippen LogP contribution in [0.2, 0.25) is 0 Å². The molecule has 0 N–H and O–H groups in total. The highest BCUT2D eigenvalue weighted by Crippen LogP contribution is 2.54. The van der Waals surface area contributed by atoms with Gasteiger partial charge in [-0.1, -0.05) is 6.07 Å². The molecule has 9 heteroatoms. The zero-order valence-corrected chi connectivity index (χ0v) is 20.5. The van der Waals surface area contributed by atoms with Gasteiger partial charge in [0.25, 0.3) is 0 Å². The van der Waals surface area contributed by atoms with Crippen molar-refractivity contribution in [3.8, 4) is 17.3 Å². The van der Waals surface area contributed by atoms with Gasteiger partial charge < -0.3 is 9.47 Å². The van der Waals surface area contributed by atoms with Gasteiger partial charge in [0.05, 0.1) is 25.6 Å². The Kier molecular flexibility index (Phi) is 5.27. The molecule has 2 aliphatic rings. The molecule has 0 saturated heterocycles. The first-order chi connectivity index (χ1) is 17.0. The average Bonchev–Trinajstić information content (AvgIpc) is 3.14. The summed E-state index contributed by atoms with van der Waals surface area (Å²) in [7, 11) is 3.28. The molecular weight excluding hydrogens is 442 g/mol. The molecule has 2 unspecified atom stereocenters. The number of benzene rings is 1. The quantitative estimate of drug-likeness (QED) is 0.406. The summed E-state index contributed by atoms with van der Waals surface area (Å²) < 4.78 is 14.8. The van der Waals surface area contributed by atoms with E-state index in [0.717, 1.165) is 48.1 Å². The molecule has 180 valence electrons. The number of aromatic nitrogens is 7. The SMILES string of the molecule is COc1ccc(Cc2nc(C)nn2-c2cc(C3CC3c3cc4n(n3)CCC4)nc(C)n2)cc1OC. The third-order valence-electron chi connectivity index (χ3n) is 6.89. The van der Waals surface area contributed by atoms with Crippen molar-refractivity contribution in [1.82, 2.24) is 34.5 Å². The highest BCUT2D eigenvalue weighted by molar-refractivity contribution is 5.44. The molecule has 6 rings (SSSR count). The van der Waals surface area contributed by atoms with Crippen LogP contribution in [-0.4, -0.2) is 48.7 Å². The van der Waals surface area contributed by atoms with Gasteiger partial charge in [0, 0.05) is 36.6 Å². The van der Waals surface area contributed by atoms with Gasteiger partial charge in [0.15, 0.2) is 17.3 Å². The Bertz CT molecular complexity index is 1390. The number of rotatable bonds is 7. The molecule has 1 aromatic carbocycles. The molecule has 1 fully saturated rings. The fourth-order valence-electron chi connectivity index (χ4n) is 5.12. The van der Waals surface area contributed by atoms with Crippen LogP contribution in [0, 0.1) is 13.8 Å². The lowest BCUT2D eigenvalue weighted by atomic mass is 10.1. The Morgan fingerprint density at radius 2 is 1.71 bits per heavy atom. The first-order valence-corrected chi connectivity index (χ1v) is 12.1. The Labute approximate surface area is 204 Å². The van der Waals surface area contributed by atoms with Gasteiger partial charge in [-0.25, -0.2) is 15.0 Å². The molecule has 1 saturated carbocycles. The van der Waals surface area contributed by atoms with Crippen LogP contribution in [0.25, 0.3) is 5.82 Å². The van der Waals surface area contributed by atoms with E-state index in [2.05, 4.69) is 21.9 Å². The smallest absolute Gasteiger partial charge is 0.161 e. The van der Waals surface area contributed by atoms with Crippen LogP contribution in [0.5, 0.6) is 11.5 Å². The fourth-order valence-corrected chi connectivity index (χ4v) is 5.12. The Morgan fingerprint density at radius 3 is 2.51 bits per heavy atom. The molecule has 3 aromatic heterocycles. The largest absolute Gasteiger partial charge is 0.493 e. The average molecular weight is 472 g/mol. The van der Waals surface area contributed by atoms with Crippen molar-refractivity contribution < 1.29 is 9.47 Å². The lowest BCUT2D eigenvalue weighted by molar-refractivity contribution is 0.354. The molecule has 0 bridgehead atoms. The van der Waals surface area contributed by atoms with E-state index >= 15 is 0 Å². The normalized spacial score (nSPS) is 18.5. The van der Waals surface area contributed by atoms with Crippen molar-refractivity contribution in [1.29, 1.82) is 0 Å². The summed E-state index contributed by atoms with van der Waals surface area (Å²) in [4.78, 5) is 14.2. The van der Waals surface area contributed by atoms with Gasteiger partial charge in [-0.15, -0.1) is 5.10 Å². The minimum atomic E-state index is 0.366. The lowest BCUT2D eigenvalue weighted by Gasteiger charge is -2.11. The highest BCUT2D eigenvalue weighted by Gasteiger charge is 2.43. The number of hydrogen-bond donors (Lipinski definition) is 0. The van der Waals surface area contributed by atoms with E-state index in [9.17, 15) is 0 Å². The predicted molar refractivity (Wildman–Crippen MR) is 129 cm³/mol. The lowest BCUT2D eigenvalue weighted by Crippen LogP contribution is -2.09. The van der Waals surface area contributed by atoms with Gasteiger partial charge in [-0.3, -0.25) is 4.68 Å². The van der Waals surface area contributed by atoms with E-state index in [1.807, 2.05) is 36.7 Å². The molecule has 1 aliphatic carbocycles. The number of ether oxygens (including phenoxy) is 2. The Morgan fingerprint density at radius 1 is 0.886 bits per heavy atom. The zero-order chi connectivity index (χ0) is 24.1. The summed E-state index contributed by atoms with van der Waals surface area (Å²) in [6.45, 7) is 4.88. The highest BCUT2D eigenvalue weighted by atomic mass is 16.5. The fraction of sp³-hybridized carbons (Fsp3) is 0.423. The molecule has 1 aliphatic heterocycles. The first-order valence-electron chi connectivity index (χ1n) is 12.1. The second kappa shape index (κ2) is 8.48. The van der Waals surface area contributed by atoms with E-state index in [4.69, 9.17) is 29.5 Å². The molecule has 4 heterocycles. The van der Waals surface area contributed by atoms with Gasteiger partial charge in [-0.2, -0.15) is 9.78 Å². The van der Waals surface area contributed by atoms with Crippen LogP contribution in [0.3, 0.4) is 0 Å². The second-order valence-electron chi connectivity index (χ2n) is 9.39. The van der Waals surface area contributed by atoms with Crippen molar-refractivity contribution >= 4 is 0 Å². The Balaban J connectivity index is 1.28. The summed E-state index contributed by atoms with van der Waals surface area (Å²) in [5, 5.41) is 9.52. The summed E-state index contributed by atoms with van der Waals surface area (Å²) in [6, 6.07) is 10.3. The second-order valence-corrected chi connectivity index (χ2v) is 9.39. The van der Waals surface area contributed by atoms with Crippen molar-refractivity contribution in [2.75, 3.05) is 14.2 Å². The van der Waals surface area contributed by atoms with E-state index in [0.29, 0.717) is 35.6 Å². The van der Waals surface area contributed by atoms with Crippen LogP contribution in [0.4, 0.5) is 0 Å². The molecule has 35 heavy (non-hydrogen) atoms. The standard InChI is InChI=1S/C26H29N7O2/c1-15-27-21(19-13-20(19)22-12-18-6-5-9-32(18)31-22)14-26(28-15)33-25(29-16(2)30-33)11-17-7-8-23(34-3)24(10-17)35-4/h7-8,10,12,14,19-20H,5-6,9,11,13H2,1-4H3. The van der Waals surface area contributed by atoms with Crippen molar-refractivity contribution in [3.63, 3.8) is 0 Å². The zero-order valence-electron chi connectivity index (χ0n) is 20.5. The van der Waals surface area contributed by atoms with Crippen LogP contribution in [0.1, 0.15) is 64.8 Å². The van der Waals surface area contributed by atoms with Gasteiger partial charge in [0.1, 0.15) is 17.5 Å².